The van der Waals surface area contributed by atoms with Crippen LogP contribution in [0.25, 0.3) is 0 Å². The van der Waals surface area contributed by atoms with Gasteiger partial charge in [-0.05, 0) is 25.9 Å². The Hall–Kier alpha value is -0.650. The number of hydrogen-bond acceptors (Lipinski definition) is 4. The smallest absolute Gasteiger partial charge is 0.207 e. The van der Waals surface area contributed by atoms with E-state index in [4.69, 9.17) is 0 Å². The van der Waals surface area contributed by atoms with E-state index in [1.54, 1.807) is 14.2 Å². The third kappa shape index (κ3) is 9.65. The summed E-state index contributed by atoms with van der Waals surface area (Å²) in [5.74, 6) is 0. The molecule has 15 heavy (non-hydrogen) atoms. The van der Waals surface area contributed by atoms with Gasteiger partial charge in [0.1, 0.15) is 0 Å². The molecule has 5 heteroatoms. The van der Waals surface area contributed by atoms with E-state index in [1.165, 1.54) is 0 Å². The summed E-state index contributed by atoms with van der Waals surface area (Å²) in [7, 11) is 3.30. The highest BCUT2D eigenvalue weighted by Crippen LogP contribution is 1.99. The third-order valence-corrected chi connectivity index (χ3v) is 2.13. The summed E-state index contributed by atoms with van der Waals surface area (Å²) < 4.78 is 9.31. The summed E-state index contributed by atoms with van der Waals surface area (Å²) >= 11 is 0. The van der Waals surface area contributed by atoms with Gasteiger partial charge in [0.25, 0.3) is 0 Å². The fourth-order valence-corrected chi connectivity index (χ4v) is 1.25. The summed E-state index contributed by atoms with van der Waals surface area (Å²) in [6.45, 7) is 3.45. The lowest BCUT2D eigenvalue weighted by Gasteiger charge is -2.21. The third-order valence-electron chi connectivity index (χ3n) is 2.13. The topological polar surface area (TPSA) is 59.6 Å². The lowest BCUT2D eigenvalue weighted by molar-refractivity contribution is -0.110. The SMILES string of the molecule is COCCOC.O=CNC1CCNCC1. The maximum atomic E-state index is 9.94. The van der Waals surface area contributed by atoms with E-state index in [0.717, 1.165) is 32.3 Å². The summed E-state index contributed by atoms with van der Waals surface area (Å²) in [6, 6.07) is 0.420. The molecular weight excluding hydrogens is 196 g/mol. The maximum Gasteiger partial charge on any atom is 0.207 e. The molecule has 0 aromatic heterocycles. The highest BCUT2D eigenvalue weighted by Gasteiger charge is 2.09. The van der Waals surface area contributed by atoms with E-state index < -0.39 is 0 Å². The van der Waals surface area contributed by atoms with Crippen molar-refractivity contribution in [3.05, 3.63) is 0 Å². The van der Waals surface area contributed by atoms with E-state index in [0.29, 0.717) is 19.3 Å². The molecule has 0 bridgehead atoms. The quantitative estimate of drug-likeness (QED) is 0.494. The minimum absolute atomic E-state index is 0.420. The molecule has 1 aliphatic heterocycles. The average Bonchev–Trinajstić information content (AvgIpc) is 2.29. The van der Waals surface area contributed by atoms with Gasteiger partial charge in [0.2, 0.25) is 6.41 Å². The molecule has 0 aromatic rings. The van der Waals surface area contributed by atoms with Gasteiger partial charge in [-0.1, -0.05) is 0 Å². The lowest BCUT2D eigenvalue weighted by Crippen LogP contribution is -2.39. The van der Waals surface area contributed by atoms with E-state index in [-0.39, 0.29) is 0 Å². The Morgan fingerprint density at radius 2 is 1.80 bits per heavy atom. The number of hydrogen-bond donors (Lipinski definition) is 2. The van der Waals surface area contributed by atoms with Crippen LogP contribution in [0.3, 0.4) is 0 Å². The second kappa shape index (κ2) is 11.4. The summed E-state index contributed by atoms with van der Waals surface area (Å²) in [5.41, 5.74) is 0. The monoisotopic (exact) mass is 218 g/mol. The van der Waals surface area contributed by atoms with Crippen LogP contribution in [0.2, 0.25) is 0 Å². The Morgan fingerprint density at radius 3 is 2.20 bits per heavy atom. The minimum Gasteiger partial charge on any atom is -0.382 e. The molecule has 0 unspecified atom stereocenters. The first-order chi connectivity index (χ1) is 7.35. The van der Waals surface area contributed by atoms with Gasteiger partial charge < -0.3 is 20.1 Å². The molecule has 90 valence electrons. The highest BCUT2D eigenvalue weighted by atomic mass is 16.5. The van der Waals surface area contributed by atoms with E-state index in [2.05, 4.69) is 20.1 Å². The van der Waals surface area contributed by atoms with Crippen molar-refractivity contribution in [3.63, 3.8) is 0 Å². The molecule has 5 nitrogen and oxygen atoms in total. The van der Waals surface area contributed by atoms with Crippen LogP contribution in [0.1, 0.15) is 12.8 Å². The first-order valence-corrected chi connectivity index (χ1v) is 5.23. The van der Waals surface area contributed by atoms with Gasteiger partial charge in [-0.2, -0.15) is 0 Å². The zero-order valence-corrected chi connectivity index (χ0v) is 9.62. The number of piperidine rings is 1. The van der Waals surface area contributed by atoms with Crippen LogP contribution in [0.4, 0.5) is 0 Å². The Balaban J connectivity index is 0.000000288. The minimum atomic E-state index is 0.420. The highest BCUT2D eigenvalue weighted by molar-refractivity contribution is 5.46. The predicted molar refractivity (Wildman–Crippen MR) is 58.8 cm³/mol. The van der Waals surface area contributed by atoms with Gasteiger partial charge >= 0.3 is 0 Å². The zero-order valence-electron chi connectivity index (χ0n) is 9.62. The molecule has 0 aromatic carbocycles. The Labute approximate surface area is 91.5 Å². The van der Waals surface area contributed by atoms with Gasteiger partial charge in [0, 0.05) is 20.3 Å². The molecule has 0 aliphatic carbocycles. The summed E-state index contributed by atoms with van der Waals surface area (Å²) in [5, 5.41) is 5.98. The Morgan fingerprint density at radius 1 is 1.27 bits per heavy atom. The standard InChI is InChI=1S/C6H12N2O.C4H10O2/c9-5-8-6-1-3-7-4-2-6;1-5-3-4-6-2/h5-7H,1-4H2,(H,8,9);3-4H2,1-2H3. The normalized spacial score (nSPS) is 16.4. The molecule has 0 radical (unpaired) electrons. The van der Waals surface area contributed by atoms with Crippen molar-refractivity contribution < 1.29 is 14.3 Å². The van der Waals surface area contributed by atoms with Gasteiger partial charge in [0.05, 0.1) is 13.2 Å². The van der Waals surface area contributed by atoms with Crippen LogP contribution in [0.15, 0.2) is 0 Å². The number of ether oxygens (including phenoxy) is 2. The molecule has 1 fully saturated rings. The van der Waals surface area contributed by atoms with Crippen LogP contribution < -0.4 is 10.6 Å². The van der Waals surface area contributed by atoms with Crippen LogP contribution in [0.5, 0.6) is 0 Å². The van der Waals surface area contributed by atoms with Crippen molar-refractivity contribution in [1.82, 2.24) is 10.6 Å². The molecule has 1 amide bonds. The number of methoxy groups -OCH3 is 2. The number of carbonyl (C=O) groups excluding carboxylic acids is 1. The molecule has 0 spiro atoms. The molecule has 0 atom stereocenters. The van der Waals surface area contributed by atoms with Crippen LogP contribution >= 0.6 is 0 Å². The largest absolute Gasteiger partial charge is 0.382 e. The van der Waals surface area contributed by atoms with Crippen molar-refractivity contribution >= 4 is 6.41 Å². The number of carbonyl (C=O) groups is 1. The number of nitrogens with one attached hydrogen (secondary N) is 2. The molecule has 1 heterocycles. The molecule has 1 rings (SSSR count). The predicted octanol–water partition coefficient (Wildman–Crippen LogP) is -0.236. The lowest BCUT2D eigenvalue weighted by atomic mass is 10.1. The first kappa shape index (κ1) is 14.3. The Kier molecular flexibility index (Phi) is 10.9. The van der Waals surface area contributed by atoms with Crippen molar-refractivity contribution in [3.8, 4) is 0 Å². The maximum absolute atomic E-state index is 9.94. The fourth-order valence-electron chi connectivity index (χ4n) is 1.25. The molecule has 1 saturated heterocycles. The van der Waals surface area contributed by atoms with E-state index in [1.807, 2.05) is 0 Å². The number of amides is 1. The second-order valence-electron chi connectivity index (χ2n) is 3.29. The van der Waals surface area contributed by atoms with Gasteiger partial charge in [0.15, 0.2) is 0 Å². The van der Waals surface area contributed by atoms with Crippen molar-refractivity contribution in [2.24, 2.45) is 0 Å². The second-order valence-corrected chi connectivity index (χ2v) is 3.29. The van der Waals surface area contributed by atoms with Crippen LogP contribution in [-0.2, 0) is 14.3 Å². The molecule has 2 N–H and O–H groups in total. The van der Waals surface area contributed by atoms with E-state index >= 15 is 0 Å². The van der Waals surface area contributed by atoms with Crippen LogP contribution in [-0.4, -0.2) is 53.0 Å². The summed E-state index contributed by atoms with van der Waals surface area (Å²) in [4.78, 5) is 9.94. The fraction of sp³-hybridized carbons (Fsp3) is 0.900. The van der Waals surface area contributed by atoms with Gasteiger partial charge in [-0.25, -0.2) is 0 Å². The average molecular weight is 218 g/mol. The van der Waals surface area contributed by atoms with E-state index in [9.17, 15) is 4.79 Å². The summed E-state index contributed by atoms with van der Waals surface area (Å²) in [6.07, 6.45) is 2.92. The molecule has 0 saturated carbocycles. The van der Waals surface area contributed by atoms with Crippen molar-refractivity contribution in [2.45, 2.75) is 18.9 Å². The van der Waals surface area contributed by atoms with Gasteiger partial charge in [-0.3, -0.25) is 4.79 Å². The van der Waals surface area contributed by atoms with Crippen molar-refractivity contribution in [2.75, 3.05) is 40.5 Å². The zero-order chi connectivity index (χ0) is 11.4. The molecule has 1 aliphatic rings. The van der Waals surface area contributed by atoms with Crippen molar-refractivity contribution in [1.29, 1.82) is 0 Å². The van der Waals surface area contributed by atoms with Gasteiger partial charge in [-0.15, -0.1) is 0 Å². The number of rotatable bonds is 5. The molecular formula is C10H22N2O3. The van der Waals surface area contributed by atoms with Crippen LogP contribution in [0, 0.1) is 0 Å². The Bertz CT molecular complexity index is 135. The first-order valence-electron chi connectivity index (χ1n) is 5.23.